The fraction of sp³-hybridized carbons (Fsp3) is 0.182. The maximum Gasteiger partial charge on any atom is 0.224 e. The maximum atomic E-state index is 2.55. The molecule has 0 fully saturated rings. The minimum Gasteiger partial charge on any atom is -0.307 e. The van der Waals surface area contributed by atoms with E-state index in [1.54, 1.807) is 0 Å². The van der Waals surface area contributed by atoms with E-state index in [2.05, 4.69) is 122 Å². The molecule has 2 nitrogen and oxygen atoms in total. The Hall–Kier alpha value is -3.91. The topological polar surface area (TPSA) is 8.29 Å². The lowest BCUT2D eigenvalue weighted by Crippen LogP contribution is -2.29. The summed E-state index contributed by atoms with van der Waals surface area (Å²) in [7, 11) is 2.19. The molecule has 0 radical (unpaired) electrons. The van der Waals surface area contributed by atoms with Gasteiger partial charge in [-0.05, 0) is 59.0 Å². The third kappa shape index (κ3) is 2.86. The summed E-state index contributed by atoms with van der Waals surface area (Å²) in [5.74, 6) is 0.614. The Labute approximate surface area is 205 Å². The van der Waals surface area contributed by atoms with Crippen LogP contribution in [0, 0.1) is 12.8 Å². The first-order valence-electron chi connectivity index (χ1n) is 12.6. The molecule has 0 saturated heterocycles. The van der Waals surface area contributed by atoms with Gasteiger partial charge in [-0.25, -0.2) is 4.57 Å². The van der Waals surface area contributed by atoms with Gasteiger partial charge in [-0.1, -0.05) is 74.5 Å². The molecule has 0 atom stereocenters. The fourth-order valence-corrected chi connectivity index (χ4v) is 6.17. The molecule has 0 aliphatic heterocycles. The zero-order chi connectivity index (χ0) is 23.8. The molecule has 0 bridgehead atoms. The van der Waals surface area contributed by atoms with E-state index >= 15 is 0 Å². The summed E-state index contributed by atoms with van der Waals surface area (Å²) in [6.45, 7) is 6.86. The van der Waals surface area contributed by atoms with Crippen molar-refractivity contribution in [3.8, 4) is 11.1 Å². The third-order valence-corrected chi connectivity index (χ3v) is 7.64. The highest BCUT2D eigenvalue weighted by molar-refractivity contribution is 6.26. The van der Waals surface area contributed by atoms with E-state index in [4.69, 9.17) is 0 Å². The largest absolute Gasteiger partial charge is 0.307 e. The second-order valence-corrected chi connectivity index (χ2v) is 10.5. The predicted molar refractivity (Wildman–Crippen MR) is 148 cm³/mol. The summed E-state index contributed by atoms with van der Waals surface area (Å²) in [6.07, 6.45) is 3.31. The van der Waals surface area contributed by atoms with Crippen LogP contribution in [0.4, 0.5) is 0 Å². The summed E-state index contributed by atoms with van der Waals surface area (Å²) < 4.78 is 4.87. The number of aromatic nitrogens is 2. The molecule has 3 aromatic heterocycles. The minimum atomic E-state index is 0.614. The van der Waals surface area contributed by atoms with Crippen LogP contribution in [-0.4, -0.2) is 4.40 Å². The van der Waals surface area contributed by atoms with E-state index in [0.29, 0.717) is 5.92 Å². The number of fused-ring (bicyclic) bond motifs is 5. The Morgan fingerprint density at radius 2 is 1.57 bits per heavy atom. The number of nitrogens with zero attached hydrogens (tertiary/aromatic N) is 2. The normalized spacial score (nSPS) is 12.4. The van der Waals surface area contributed by atoms with Crippen LogP contribution in [0.1, 0.15) is 25.0 Å². The lowest BCUT2D eigenvalue weighted by Gasteiger charge is -2.15. The van der Waals surface area contributed by atoms with Gasteiger partial charge in [-0.2, -0.15) is 0 Å². The van der Waals surface area contributed by atoms with Crippen LogP contribution in [0.5, 0.6) is 0 Å². The molecule has 7 aromatic rings. The average molecular weight is 454 g/mol. The Morgan fingerprint density at radius 3 is 2.37 bits per heavy atom. The van der Waals surface area contributed by atoms with E-state index in [-0.39, 0.29) is 0 Å². The first-order chi connectivity index (χ1) is 17.0. The Balaban J connectivity index is 1.76. The molecule has 4 aromatic carbocycles. The van der Waals surface area contributed by atoms with Gasteiger partial charge in [0, 0.05) is 16.8 Å². The van der Waals surface area contributed by atoms with Crippen molar-refractivity contribution in [3.05, 3.63) is 96.2 Å². The summed E-state index contributed by atoms with van der Waals surface area (Å²) >= 11 is 0. The predicted octanol–water partition coefficient (Wildman–Crippen LogP) is 7.99. The van der Waals surface area contributed by atoms with Gasteiger partial charge in [0.1, 0.15) is 7.05 Å². The molecular weight excluding hydrogens is 424 g/mol. The zero-order valence-electron chi connectivity index (χ0n) is 20.8. The van der Waals surface area contributed by atoms with E-state index in [1.165, 1.54) is 71.3 Å². The summed E-state index contributed by atoms with van der Waals surface area (Å²) in [4.78, 5) is 0. The lowest BCUT2D eigenvalue weighted by atomic mass is 9.96. The van der Waals surface area contributed by atoms with Crippen molar-refractivity contribution in [2.45, 2.75) is 27.2 Å². The van der Waals surface area contributed by atoms with E-state index in [9.17, 15) is 0 Å². The van der Waals surface area contributed by atoms with Crippen molar-refractivity contribution in [2.75, 3.05) is 0 Å². The van der Waals surface area contributed by atoms with Gasteiger partial charge < -0.3 is 4.40 Å². The van der Waals surface area contributed by atoms with Crippen molar-refractivity contribution in [2.24, 2.45) is 13.0 Å². The van der Waals surface area contributed by atoms with Crippen LogP contribution in [0.2, 0.25) is 0 Å². The van der Waals surface area contributed by atoms with Gasteiger partial charge in [-0.3, -0.25) is 0 Å². The second kappa shape index (κ2) is 7.29. The fourth-order valence-electron chi connectivity index (χ4n) is 6.17. The van der Waals surface area contributed by atoms with Gasteiger partial charge in [0.2, 0.25) is 5.52 Å². The monoisotopic (exact) mass is 453 g/mol. The van der Waals surface area contributed by atoms with Gasteiger partial charge >= 0.3 is 0 Å². The van der Waals surface area contributed by atoms with Gasteiger partial charge in [-0.15, -0.1) is 0 Å². The molecule has 0 amide bonds. The maximum absolute atomic E-state index is 2.55. The first-order valence-corrected chi connectivity index (χ1v) is 12.6. The van der Waals surface area contributed by atoms with Crippen LogP contribution in [0.15, 0.2) is 85.1 Å². The van der Waals surface area contributed by atoms with Crippen LogP contribution in [0.25, 0.3) is 60.1 Å². The number of hydrogen-bond acceptors (Lipinski definition) is 0. The molecule has 7 rings (SSSR count). The molecule has 0 unspecified atom stereocenters. The highest BCUT2D eigenvalue weighted by Gasteiger charge is 2.24. The Bertz CT molecular complexity index is 1910. The van der Waals surface area contributed by atoms with Crippen molar-refractivity contribution in [1.29, 1.82) is 0 Å². The van der Waals surface area contributed by atoms with Crippen LogP contribution in [-0.2, 0) is 13.5 Å². The van der Waals surface area contributed by atoms with Crippen molar-refractivity contribution in [3.63, 3.8) is 0 Å². The highest BCUT2D eigenvalue weighted by Crippen LogP contribution is 2.42. The Morgan fingerprint density at radius 1 is 0.771 bits per heavy atom. The zero-order valence-corrected chi connectivity index (χ0v) is 20.8. The quantitative estimate of drug-likeness (QED) is 0.146. The lowest BCUT2D eigenvalue weighted by molar-refractivity contribution is -0.643. The molecule has 3 heterocycles. The molecule has 170 valence electrons. The van der Waals surface area contributed by atoms with Crippen LogP contribution in [0.3, 0.4) is 0 Å². The van der Waals surface area contributed by atoms with Crippen molar-refractivity contribution in [1.82, 2.24) is 4.40 Å². The van der Waals surface area contributed by atoms with Crippen molar-refractivity contribution >= 4 is 49.0 Å². The van der Waals surface area contributed by atoms with Gasteiger partial charge in [0.05, 0.1) is 27.3 Å². The number of aryl methyl sites for hydroxylation is 2. The van der Waals surface area contributed by atoms with E-state index < -0.39 is 0 Å². The van der Waals surface area contributed by atoms with E-state index in [1.807, 2.05) is 0 Å². The molecule has 2 heteroatoms. The van der Waals surface area contributed by atoms with Crippen LogP contribution >= 0.6 is 0 Å². The third-order valence-electron chi connectivity index (χ3n) is 7.64. The van der Waals surface area contributed by atoms with Gasteiger partial charge in [0.25, 0.3) is 0 Å². The van der Waals surface area contributed by atoms with Gasteiger partial charge in [0.15, 0.2) is 6.20 Å². The van der Waals surface area contributed by atoms with Crippen LogP contribution < -0.4 is 4.57 Å². The number of benzene rings is 4. The molecule has 35 heavy (non-hydrogen) atoms. The van der Waals surface area contributed by atoms with Crippen molar-refractivity contribution < 1.29 is 4.57 Å². The number of hydrogen-bond donors (Lipinski definition) is 0. The SMILES string of the molecule is Cc1ccc2c3ccc(-c4ccccc4)cc3n3c4cc(CC(C)C)cc5cc[n+](C)c(c1c23)c54. The number of pyridine rings is 2. The smallest absolute Gasteiger partial charge is 0.224 e. The summed E-state index contributed by atoms with van der Waals surface area (Å²) in [5.41, 5.74) is 10.5. The molecule has 0 aliphatic carbocycles. The molecular formula is C33H29N2+. The Kier molecular flexibility index (Phi) is 4.26. The summed E-state index contributed by atoms with van der Waals surface area (Å²) in [6, 6.07) is 29.5. The first kappa shape index (κ1) is 20.5. The second-order valence-electron chi connectivity index (χ2n) is 10.5. The molecule has 0 N–H and O–H groups in total. The molecule has 0 saturated carbocycles. The van der Waals surface area contributed by atoms with E-state index in [0.717, 1.165) is 6.42 Å². The number of rotatable bonds is 3. The molecule has 0 aliphatic rings. The average Bonchev–Trinajstić information content (AvgIpc) is 3.18. The minimum absolute atomic E-state index is 0.614. The summed E-state index contributed by atoms with van der Waals surface area (Å²) in [5, 5.41) is 6.69. The molecule has 0 spiro atoms. The highest BCUT2D eigenvalue weighted by atomic mass is 15.0. The standard InChI is InChI=1S/C33H29N2/c1-20(2)16-22-17-25-14-15-34(4)33-30-21(3)10-12-27-26-13-11-24(23-8-6-5-7-9-23)19-28(26)35(32(27)30)29(18-22)31(25)33/h5-15,17-20H,16H2,1-4H3/q+1.